The van der Waals surface area contributed by atoms with Gasteiger partial charge in [-0.05, 0) is 42.7 Å². The molecule has 2 unspecified atom stereocenters. The molecule has 9 heteroatoms. The van der Waals surface area contributed by atoms with Crippen LogP contribution in [0.3, 0.4) is 0 Å². The maximum atomic E-state index is 13.4. The number of H-pyrrole nitrogens is 1. The van der Waals surface area contributed by atoms with Crippen molar-refractivity contribution in [2.24, 2.45) is 0 Å². The lowest BCUT2D eigenvalue weighted by atomic mass is 9.81. The third-order valence-electron chi connectivity index (χ3n) is 6.18. The van der Waals surface area contributed by atoms with Gasteiger partial charge in [-0.2, -0.15) is 13.2 Å². The molecular weight excluding hydrogens is 431 g/mol. The summed E-state index contributed by atoms with van der Waals surface area (Å²) in [6, 6.07) is 3.62. The van der Waals surface area contributed by atoms with Crippen LogP contribution in [0.5, 0.6) is 0 Å². The van der Waals surface area contributed by atoms with Crippen molar-refractivity contribution in [3.63, 3.8) is 0 Å². The van der Waals surface area contributed by atoms with Crippen LogP contribution in [0.2, 0.25) is 5.02 Å². The second kappa shape index (κ2) is 7.60. The molecule has 3 heterocycles. The van der Waals surface area contributed by atoms with E-state index in [4.69, 9.17) is 16.3 Å². The summed E-state index contributed by atoms with van der Waals surface area (Å²) in [6.07, 6.45) is -0.915. The van der Waals surface area contributed by atoms with Gasteiger partial charge in [0.1, 0.15) is 0 Å². The lowest BCUT2D eigenvalue weighted by molar-refractivity contribution is -0.137. The number of amides is 1. The van der Waals surface area contributed by atoms with Gasteiger partial charge in [-0.15, -0.1) is 0 Å². The number of methoxy groups -OCH3 is 1. The van der Waals surface area contributed by atoms with Crippen LogP contribution in [0.15, 0.2) is 30.6 Å². The van der Waals surface area contributed by atoms with Crippen molar-refractivity contribution in [3.05, 3.63) is 63.6 Å². The zero-order valence-electron chi connectivity index (χ0n) is 17.4. The maximum absolute atomic E-state index is 13.4. The number of ether oxygens (including phenoxy) is 1. The van der Waals surface area contributed by atoms with E-state index in [-0.39, 0.29) is 10.9 Å². The Morgan fingerprint density at radius 1 is 1.32 bits per heavy atom. The van der Waals surface area contributed by atoms with Gasteiger partial charge in [0.05, 0.1) is 16.8 Å². The number of nitrogens with one attached hydrogen (secondary N) is 2. The van der Waals surface area contributed by atoms with Crippen molar-refractivity contribution >= 4 is 23.1 Å². The van der Waals surface area contributed by atoms with Crippen LogP contribution < -0.4 is 5.32 Å². The number of benzene rings is 1. The van der Waals surface area contributed by atoms with E-state index in [1.165, 1.54) is 0 Å². The molecule has 2 N–H and O–H groups in total. The predicted molar refractivity (Wildman–Crippen MR) is 112 cm³/mol. The van der Waals surface area contributed by atoms with E-state index in [0.717, 1.165) is 29.0 Å². The highest BCUT2D eigenvalue weighted by Crippen LogP contribution is 2.40. The third-order valence-corrected chi connectivity index (χ3v) is 6.40. The molecule has 1 saturated heterocycles. The molecule has 2 aliphatic heterocycles. The van der Waals surface area contributed by atoms with E-state index in [2.05, 4.69) is 10.3 Å². The Morgan fingerprint density at radius 2 is 2.06 bits per heavy atom. The van der Waals surface area contributed by atoms with Gasteiger partial charge in [0.25, 0.3) is 5.91 Å². The minimum atomic E-state index is -4.48. The van der Waals surface area contributed by atoms with Crippen molar-refractivity contribution in [1.29, 1.82) is 0 Å². The van der Waals surface area contributed by atoms with Crippen LogP contribution in [0.4, 0.5) is 13.2 Å². The second-order valence-corrected chi connectivity index (χ2v) is 8.80. The standard InChI is InChI=1S/C22H23ClF3N3O2/c1-12-9-28-19(31-3)17-16(10-27-18(12)17)20(30)29-5-4-21(2,11-29)13-6-14(22(24,25)26)8-15(23)7-13/h6-10,19,27-28H,4-5,11H2,1-3H3. The number of halogens is 4. The van der Waals surface area contributed by atoms with Crippen LogP contribution >= 0.6 is 11.6 Å². The molecule has 0 radical (unpaired) electrons. The molecule has 0 bridgehead atoms. The van der Waals surface area contributed by atoms with E-state index in [0.29, 0.717) is 30.6 Å². The Balaban J connectivity index is 1.62. The van der Waals surface area contributed by atoms with Gasteiger partial charge in [-0.1, -0.05) is 18.5 Å². The normalized spacial score (nSPS) is 23.4. The van der Waals surface area contributed by atoms with Crippen molar-refractivity contribution in [2.75, 3.05) is 20.2 Å². The van der Waals surface area contributed by atoms with Crippen LogP contribution in [0.1, 0.15) is 59.2 Å². The summed E-state index contributed by atoms with van der Waals surface area (Å²) in [4.78, 5) is 18.2. The molecular formula is C22H23ClF3N3O2. The smallest absolute Gasteiger partial charge is 0.362 e. The van der Waals surface area contributed by atoms with Gasteiger partial charge in [0.2, 0.25) is 0 Å². The summed E-state index contributed by atoms with van der Waals surface area (Å²) in [5.41, 5.74) is 2.08. The largest absolute Gasteiger partial charge is 0.416 e. The highest BCUT2D eigenvalue weighted by Gasteiger charge is 2.41. The molecule has 166 valence electrons. The maximum Gasteiger partial charge on any atom is 0.416 e. The molecule has 2 atom stereocenters. The number of hydrogen-bond acceptors (Lipinski definition) is 3. The highest BCUT2D eigenvalue weighted by atomic mass is 35.5. The molecule has 5 nitrogen and oxygen atoms in total. The first-order chi connectivity index (χ1) is 14.5. The summed E-state index contributed by atoms with van der Waals surface area (Å²) in [7, 11) is 1.56. The fraction of sp³-hybridized carbons (Fsp3) is 0.409. The number of nitrogens with zero attached hydrogens (tertiary/aromatic N) is 1. The van der Waals surface area contributed by atoms with Crippen molar-refractivity contribution < 1.29 is 22.7 Å². The summed E-state index contributed by atoms with van der Waals surface area (Å²) in [5.74, 6) is -0.183. The first-order valence-corrected chi connectivity index (χ1v) is 10.3. The van der Waals surface area contributed by atoms with E-state index in [9.17, 15) is 18.0 Å². The summed E-state index contributed by atoms with van der Waals surface area (Å²) >= 11 is 5.99. The summed E-state index contributed by atoms with van der Waals surface area (Å²) in [6.45, 7) is 4.52. The molecule has 1 aromatic carbocycles. The Hall–Kier alpha value is -2.45. The number of alkyl halides is 3. The SMILES string of the molecule is COC1NC=C(C)c2[nH]cc(C(=O)N3CCC(C)(c4cc(Cl)cc(C(F)(F)F)c4)C3)c21. The van der Waals surface area contributed by atoms with Gasteiger partial charge in [0.15, 0.2) is 6.23 Å². The van der Waals surface area contributed by atoms with Gasteiger partial charge < -0.3 is 19.9 Å². The second-order valence-electron chi connectivity index (χ2n) is 8.36. The van der Waals surface area contributed by atoms with Gasteiger partial charge in [-0.25, -0.2) is 0 Å². The topological polar surface area (TPSA) is 57.4 Å². The van der Waals surface area contributed by atoms with Crippen LogP contribution in [0, 0.1) is 0 Å². The van der Waals surface area contributed by atoms with E-state index in [1.807, 2.05) is 20.0 Å². The Morgan fingerprint density at radius 3 is 2.74 bits per heavy atom. The van der Waals surface area contributed by atoms with Gasteiger partial charge in [0, 0.05) is 48.6 Å². The fourth-order valence-electron chi connectivity index (χ4n) is 4.39. The monoisotopic (exact) mass is 453 g/mol. The van der Waals surface area contributed by atoms with Crippen LogP contribution in [0.25, 0.3) is 5.57 Å². The first kappa shape index (κ1) is 21.8. The quantitative estimate of drug-likeness (QED) is 0.679. The van der Waals surface area contributed by atoms with E-state index in [1.54, 1.807) is 24.3 Å². The lowest BCUT2D eigenvalue weighted by Gasteiger charge is -2.27. The van der Waals surface area contributed by atoms with E-state index >= 15 is 0 Å². The Labute approximate surface area is 183 Å². The molecule has 0 spiro atoms. The number of likely N-dealkylation sites (tertiary alicyclic amines) is 1. The number of carbonyl (C=O) groups is 1. The van der Waals surface area contributed by atoms with Gasteiger partial charge >= 0.3 is 6.18 Å². The van der Waals surface area contributed by atoms with E-state index < -0.39 is 23.4 Å². The van der Waals surface area contributed by atoms with Crippen molar-refractivity contribution in [3.8, 4) is 0 Å². The van der Waals surface area contributed by atoms with Crippen LogP contribution in [-0.4, -0.2) is 36.0 Å². The molecule has 2 aromatic rings. The molecule has 31 heavy (non-hydrogen) atoms. The molecule has 4 rings (SSSR count). The number of aromatic nitrogens is 1. The molecule has 0 aliphatic carbocycles. The number of carbonyl (C=O) groups excluding carboxylic acids is 1. The number of rotatable bonds is 3. The number of hydrogen-bond donors (Lipinski definition) is 2. The molecule has 1 aromatic heterocycles. The predicted octanol–water partition coefficient (Wildman–Crippen LogP) is 5.10. The molecule has 0 saturated carbocycles. The zero-order chi connectivity index (χ0) is 22.6. The average molecular weight is 454 g/mol. The zero-order valence-corrected chi connectivity index (χ0v) is 18.1. The average Bonchev–Trinajstić information content (AvgIpc) is 3.33. The van der Waals surface area contributed by atoms with Crippen molar-refractivity contribution in [1.82, 2.24) is 15.2 Å². The third kappa shape index (κ3) is 3.83. The Bertz CT molecular complexity index is 1060. The van der Waals surface area contributed by atoms with Gasteiger partial charge in [-0.3, -0.25) is 4.79 Å². The molecule has 2 aliphatic rings. The first-order valence-electron chi connectivity index (χ1n) is 9.88. The lowest BCUT2D eigenvalue weighted by Crippen LogP contribution is -2.34. The fourth-order valence-corrected chi connectivity index (χ4v) is 4.63. The Kier molecular flexibility index (Phi) is 5.34. The van der Waals surface area contributed by atoms with Crippen molar-refractivity contribution in [2.45, 2.75) is 38.1 Å². The summed E-state index contributed by atoms with van der Waals surface area (Å²) in [5, 5.41) is 3.15. The number of fused-ring (bicyclic) bond motifs is 1. The number of allylic oxidation sites excluding steroid dienone is 1. The minimum Gasteiger partial charge on any atom is -0.362 e. The van der Waals surface area contributed by atoms with Crippen LogP contribution in [-0.2, 0) is 16.3 Å². The molecule has 1 fully saturated rings. The number of aromatic amines is 1. The highest BCUT2D eigenvalue weighted by molar-refractivity contribution is 6.30. The summed E-state index contributed by atoms with van der Waals surface area (Å²) < 4.78 is 45.3. The molecule has 1 amide bonds. The minimum absolute atomic E-state index is 0.0341.